The van der Waals surface area contributed by atoms with E-state index in [1.807, 2.05) is 0 Å². The third-order valence-electron chi connectivity index (χ3n) is 14.4. The summed E-state index contributed by atoms with van der Waals surface area (Å²) in [7, 11) is 0. The van der Waals surface area contributed by atoms with E-state index < -0.39 is 6.10 Å². The Balaban J connectivity index is 4.29. The summed E-state index contributed by atoms with van der Waals surface area (Å²) in [5.74, 6) is -0.908. The molecule has 0 aromatic carbocycles. The highest BCUT2D eigenvalue weighted by atomic mass is 16.6. The van der Waals surface area contributed by atoms with Gasteiger partial charge in [-0.2, -0.15) is 0 Å². The van der Waals surface area contributed by atoms with Crippen LogP contribution in [-0.4, -0.2) is 37.2 Å². The van der Waals surface area contributed by atoms with Crippen LogP contribution in [0.4, 0.5) is 0 Å². The standard InChI is InChI=1S/C71H124O6/c1-4-7-10-13-16-19-22-25-27-29-31-32-33-34-35-36-37-38-40-41-43-46-49-52-55-58-61-64-70(73)76-67-68(66-75-69(72)63-60-57-54-51-48-45-24-21-18-15-12-9-6-3)77-71(74)65-62-59-56-53-50-47-44-42-39-30-28-26-23-20-17-14-11-8-5-2/h9,12,18,21-22,25-26,28-29,31,33-34,45,48,68H,4-8,10-11,13-17,19-20,23-24,27,30,32,35-44,46-47,49-67H2,1-3H3/b12-9-,21-18-,25-22-,28-26-,31-29-,34-33-,48-45-. The molecular formula is C71H124O6. The number of esters is 3. The largest absolute Gasteiger partial charge is 0.462 e. The Morgan fingerprint density at radius 1 is 0.273 bits per heavy atom. The lowest BCUT2D eigenvalue weighted by Gasteiger charge is -2.18. The summed E-state index contributed by atoms with van der Waals surface area (Å²) in [4.78, 5) is 38.3. The second-order valence-electron chi connectivity index (χ2n) is 22.0. The molecule has 444 valence electrons. The lowest BCUT2D eigenvalue weighted by molar-refractivity contribution is -0.167. The molecule has 0 aliphatic carbocycles. The van der Waals surface area contributed by atoms with Gasteiger partial charge in [0.2, 0.25) is 0 Å². The van der Waals surface area contributed by atoms with Crippen LogP contribution < -0.4 is 0 Å². The van der Waals surface area contributed by atoms with Crippen molar-refractivity contribution in [2.75, 3.05) is 13.2 Å². The summed E-state index contributed by atoms with van der Waals surface area (Å²) in [5, 5.41) is 0. The molecule has 0 heterocycles. The zero-order valence-electron chi connectivity index (χ0n) is 51.0. The molecule has 0 spiro atoms. The maximum absolute atomic E-state index is 12.9. The van der Waals surface area contributed by atoms with E-state index in [9.17, 15) is 14.4 Å². The van der Waals surface area contributed by atoms with Crippen LogP contribution in [0, 0.1) is 0 Å². The number of carbonyl (C=O) groups excluding carboxylic acids is 3. The molecular weight excluding hydrogens is 949 g/mol. The van der Waals surface area contributed by atoms with Crippen molar-refractivity contribution in [2.45, 2.75) is 335 Å². The van der Waals surface area contributed by atoms with E-state index in [0.717, 1.165) is 96.3 Å². The van der Waals surface area contributed by atoms with E-state index in [0.29, 0.717) is 19.3 Å². The smallest absolute Gasteiger partial charge is 0.306 e. The highest BCUT2D eigenvalue weighted by molar-refractivity contribution is 5.71. The fraction of sp³-hybridized carbons (Fsp3) is 0.761. The number of ether oxygens (including phenoxy) is 3. The van der Waals surface area contributed by atoms with E-state index in [4.69, 9.17) is 14.2 Å². The molecule has 0 N–H and O–H groups in total. The van der Waals surface area contributed by atoms with E-state index in [-0.39, 0.29) is 31.1 Å². The summed E-state index contributed by atoms with van der Waals surface area (Å²) >= 11 is 0. The minimum Gasteiger partial charge on any atom is -0.462 e. The molecule has 6 heteroatoms. The average molecular weight is 1070 g/mol. The van der Waals surface area contributed by atoms with Crippen LogP contribution in [0.15, 0.2) is 85.1 Å². The van der Waals surface area contributed by atoms with Crippen LogP contribution in [-0.2, 0) is 28.6 Å². The van der Waals surface area contributed by atoms with E-state index in [1.165, 1.54) is 193 Å². The molecule has 0 aliphatic heterocycles. The van der Waals surface area contributed by atoms with Gasteiger partial charge in [0, 0.05) is 19.3 Å². The topological polar surface area (TPSA) is 78.9 Å². The normalized spacial score (nSPS) is 12.6. The highest BCUT2D eigenvalue weighted by Gasteiger charge is 2.19. The van der Waals surface area contributed by atoms with Crippen LogP contribution in [0.2, 0.25) is 0 Å². The first-order chi connectivity index (χ1) is 38.0. The van der Waals surface area contributed by atoms with Crippen molar-refractivity contribution in [1.29, 1.82) is 0 Å². The maximum Gasteiger partial charge on any atom is 0.306 e. The van der Waals surface area contributed by atoms with Gasteiger partial charge in [0.25, 0.3) is 0 Å². The van der Waals surface area contributed by atoms with Gasteiger partial charge in [-0.05, 0) is 116 Å². The molecule has 0 fully saturated rings. The van der Waals surface area contributed by atoms with Gasteiger partial charge in [-0.25, -0.2) is 0 Å². The van der Waals surface area contributed by atoms with Crippen LogP contribution >= 0.6 is 0 Å². The molecule has 0 radical (unpaired) electrons. The lowest BCUT2D eigenvalue weighted by Crippen LogP contribution is -2.30. The second kappa shape index (κ2) is 65.1. The first-order valence-electron chi connectivity index (χ1n) is 33.1. The molecule has 0 amide bonds. The van der Waals surface area contributed by atoms with Crippen LogP contribution in [0.1, 0.15) is 329 Å². The summed E-state index contributed by atoms with van der Waals surface area (Å²) in [6, 6.07) is 0. The third-order valence-corrected chi connectivity index (χ3v) is 14.4. The number of allylic oxidation sites excluding steroid dienone is 14. The van der Waals surface area contributed by atoms with Gasteiger partial charge in [-0.3, -0.25) is 14.4 Å². The van der Waals surface area contributed by atoms with Gasteiger partial charge < -0.3 is 14.2 Å². The molecule has 0 saturated carbocycles. The van der Waals surface area contributed by atoms with Gasteiger partial charge in [0.15, 0.2) is 6.10 Å². The Morgan fingerprint density at radius 3 is 0.818 bits per heavy atom. The number of unbranched alkanes of at least 4 members (excludes halogenated alkanes) is 35. The highest BCUT2D eigenvalue weighted by Crippen LogP contribution is 2.16. The summed E-state index contributed by atoms with van der Waals surface area (Å²) < 4.78 is 16.9. The predicted octanol–water partition coefficient (Wildman–Crippen LogP) is 22.7. The molecule has 0 saturated heterocycles. The summed E-state index contributed by atoms with van der Waals surface area (Å²) in [5.41, 5.74) is 0. The number of hydrogen-bond acceptors (Lipinski definition) is 6. The van der Waals surface area contributed by atoms with Gasteiger partial charge in [-0.1, -0.05) is 279 Å². The Kier molecular flexibility index (Phi) is 62.2. The number of hydrogen-bond donors (Lipinski definition) is 0. The van der Waals surface area contributed by atoms with E-state index >= 15 is 0 Å². The van der Waals surface area contributed by atoms with Gasteiger partial charge in [0.05, 0.1) is 0 Å². The van der Waals surface area contributed by atoms with Crippen molar-refractivity contribution in [3.63, 3.8) is 0 Å². The fourth-order valence-electron chi connectivity index (χ4n) is 9.40. The Labute approximate surface area is 477 Å². The van der Waals surface area contributed by atoms with E-state index in [2.05, 4.69) is 106 Å². The first kappa shape index (κ1) is 73.6. The lowest BCUT2D eigenvalue weighted by atomic mass is 10.0. The van der Waals surface area contributed by atoms with Gasteiger partial charge in [-0.15, -0.1) is 0 Å². The second-order valence-corrected chi connectivity index (χ2v) is 22.0. The van der Waals surface area contributed by atoms with Crippen molar-refractivity contribution >= 4 is 17.9 Å². The van der Waals surface area contributed by atoms with Gasteiger partial charge >= 0.3 is 17.9 Å². The maximum atomic E-state index is 12.9. The van der Waals surface area contributed by atoms with Crippen molar-refractivity contribution in [2.24, 2.45) is 0 Å². The fourth-order valence-corrected chi connectivity index (χ4v) is 9.40. The zero-order chi connectivity index (χ0) is 55.7. The summed E-state index contributed by atoms with van der Waals surface area (Å²) in [6.07, 6.45) is 86.0. The Morgan fingerprint density at radius 2 is 0.506 bits per heavy atom. The minimum absolute atomic E-state index is 0.0863. The molecule has 0 aromatic heterocycles. The average Bonchev–Trinajstić information content (AvgIpc) is 3.43. The Hall–Kier alpha value is -3.41. The number of rotatable bonds is 60. The molecule has 1 unspecified atom stereocenters. The van der Waals surface area contributed by atoms with E-state index in [1.54, 1.807) is 0 Å². The zero-order valence-corrected chi connectivity index (χ0v) is 51.0. The molecule has 0 bridgehead atoms. The number of carbonyl (C=O) groups is 3. The van der Waals surface area contributed by atoms with Crippen molar-refractivity contribution < 1.29 is 28.6 Å². The SMILES string of the molecule is CC/C=C\C/C=C\C/C=C\CCCCCC(=O)OCC(COC(=O)CCCCCCCCCCCCCC/C=C\C/C=C\C/C=C\CCCCCCC)OC(=O)CCCCCCCCCCC/C=C\CCCCCCCC. The minimum atomic E-state index is -0.791. The quantitative estimate of drug-likeness (QED) is 0.0261. The van der Waals surface area contributed by atoms with Crippen molar-refractivity contribution in [3.8, 4) is 0 Å². The molecule has 6 nitrogen and oxygen atoms in total. The van der Waals surface area contributed by atoms with Crippen LogP contribution in [0.25, 0.3) is 0 Å². The third kappa shape index (κ3) is 63.3. The first-order valence-corrected chi connectivity index (χ1v) is 33.1. The predicted molar refractivity (Wildman–Crippen MR) is 334 cm³/mol. The molecule has 0 aliphatic rings. The summed E-state index contributed by atoms with van der Waals surface area (Å²) in [6.45, 7) is 6.52. The van der Waals surface area contributed by atoms with Crippen LogP contribution in [0.5, 0.6) is 0 Å². The van der Waals surface area contributed by atoms with Gasteiger partial charge in [0.1, 0.15) is 13.2 Å². The van der Waals surface area contributed by atoms with Crippen LogP contribution in [0.3, 0.4) is 0 Å². The Bertz CT molecular complexity index is 1470. The monoisotopic (exact) mass is 1070 g/mol. The molecule has 0 rings (SSSR count). The molecule has 77 heavy (non-hydrogen) atoms. The molecule has 1 atom stereocenters. The molecule has 0 aromatic rings. The van der Waals surface area contributed by atoms with Crippen molar-refractivity contribution in [3.05, 3.63) is 85.1 Å². The van der Waals surface area contributed by atoms with Crippen molar-refractivity contribution in [1.82, 2.24) is 0 Å².